The fraction of sp³-hybridized carbons (Fsp3) is 0.208. The molecule has 37 heavy (non-hydrogen) atoms. The number of esters is 1. The van der Waals surface area contributed by atoms with Gasteiger partial charge in [0.15, 0.2) is 10.2 Å². The Kier molecular flexibility index (Phi) is 10.7. The molecular formula is C24H21F6N4O3+. The van der Waals surface area contributed by atoms with Gasteiger partial charge in [0, 0.05) is 16.2 Å². The highest BCUT2D eigenvalue weighted by Crippen LogP contribution is 2.32. The van der Waals surface area contributed by atoms with E-state index in [9.17, 15) is 36.0 Å². The molecule has 0 atom stereocenters. The summed E-state index contributed by atoms with van der Waals surface area (Å²) in [5.74, 6) is -5.39. The van der Waals surface area contributed by atoms with Gasteiger partial charge in [0.1, 0.15) is 0 Å². The molecule has 0 radical (unpaired) electrons. The zero-order chi connectivity index (χ0) is 27.4. The summed E-state index contributed by atoms with van der Waals surface area (Å²) < 4.78 is 74.7. The first kappa shape index (κ1) is 28.9. The number of aromatic amines is 1. The van der Waals surface area contributed by atoms with Crippen LogP contribution in [0.5, 0.6) is 0 Å². The summed E-state index contributed by atoms with van der Waals surface area (Å²) in [5.41, 5.74) is -0.669. The summed E-state index contributed by atoms with van der Waals surface area (Å²) in [6, 6.07) is 14.1. The smallest absolute Gasteiger partial charge is 0.386 e. The molecule has 0 saturated carbocycles. The van der Waals surface area contributed by atoms with E-state index in [-0.39, 0.29) is 12.0 Å². The lowest BCUT2D eigenvalue weighted by Gasteiger charge is -2.15. The second kappa shape index (κ2) is 13.7. The average Bonchev–Trinajstić information content (AvgIpc) is 2.89. The Hall–Kier alpha value is -4.29. The number of hydrogen-bond donors (Lipinski definition) is 1. The molecule has 4 rings (SSSR count). The van der Waals surface area contributed by atoms with Gasteiger partial charge in [-0.15, -0.1) is 10.2 Å². The van der Waals surface area contributed by atoms with E-state index >= 15 is 0 Å². The molecule has 196 valence electrons. The number of hydrogen-bond acceptors (Lipinski definition) is 5. The van der Waals surface area contributed by atoms with E-state index in [0.29, 0.717) is 16.3 Å². The largest absolute Gasteiger partial charge is 0.461 e. The first-order valence-electron chi connectivity index (χ1n) is 10.7. The van der Waals surface area contributed by atoms with E-state index in [0.717, 1.165) is 17.2 Å². The fourth-order valence-electron chi connectivity index (χ4n) is 2.81. The van der Waals surface area contributed by atoms with E-state index in [1.165, 1.54) is 18.5 Å². The van der Waals surface area contributed by atoms with Crippen molar-refractivity contribution in [2.75, 3.05) is 6.61 Å². The van der Waals surface area contributed by atoms with Crippen LogP contribution in [0, 0.1) is 4.91 Å². The van der Waals surface area contributed by atoms with Crippen molar-refractivity contribution in [3.63, 3.8) is 0 Å². The summed E-state index contributed by atoms with van der Waals surface area (Å²) in [7, 11) is 0. The number of nitrogens with zero attached hydrogens (tertiary/aromatic N) is 3. The zero-order valence-electron chi connectivity index (χ0n) is 19.3. The fourth-order valence-corrected chi connectivity index (χ4v) is 2.81. The van der Waals surface area contributed by atoms with Crippen LogP contribution in [0.1, 0.15) is 25.5 Å². The Morgan fingerprint density at radius 3 is 2.19 bits per heavy atom. The van der Waals surface area contributed by atoms with E-state index in [1.54, 1.807) is 24.4 Å². The standard InChI is InChI=1S/C14H14F2N2O2.C8H7N2O.C2F4/c1-2-3-8-20-13(19)14(15,16)12-11-7-5-4-6-10(11)9-17-18-12;11-10-6-8-4-2-1-3-7(8)5-9-10;3-1(4)2(5)6/h4-7,9H,2-3,8H2,1H3;1-6H,(H,9,11);/q;+1;. The maximum absolute atomic E-state index is 14.1. The molecule has 0 saturated heterocycles. The van der Waals surface area contributed by atoms with Crippen LogP contribution < -0.4 is 4.54 Å². The number of benzene rings is 2. The van der Waals surface area contributed by atoms with Gasteiger partial charge in [-0.05, 0) is 12.5 Å². The summed E-state index contributed by atoms with van der Waals surface area (Å²) >= 11 is 0. The first-order chi connectivity index (χ1) is 17.6. The highest BCUT2D eigenvalue weighted by Gasteiger charge is 2.46. The molecule has 2 aromatic heterocycles. The van der Waals surface area contributed by atoms with Crippen LogP contribution in [0.2, 0.25) is 0 Å². The predicted octanol–water partition coefficient (Wildman–Crippen LogP) is 6.14. The van der Waals surface area contributed by atoms with Crippen LogP contribution in [-0.4, -0.2) is 27.9 Å². The number of fused-ring (bicyclic) bond motifs is 2. The molecule has 2 heterocycles. The third-order valence-electron chi connectivity index (χ3n) is 4.60. The molecule has 2 aromatic carbocycles. The van der Waals surface area contributed by atoms with Crippen molar-refractivity contribution in [1.82, 2.24) is 15.3 Å². The lowest BCUT2D eigenvalue weighted by atomic mass is 10.1. The molecule has 4 aromatic rings. The molecule has 0 unspecified atom stereocenters. The molecule has 1 N–H and O–H groups in total. The van der Waals surface area contributed by atoms with Crippen LogP contribution in [0.3, 0.4) is 0 Å². The van der Waals surface area contributed by atoms with Gasteiger partial charge in [0.2, 0.25) is 0 Å². The number of alkyl halides is 2. The van der Waals surface area contributed by atoms with Crippen molar-refractivity contribution in [2.24, 2.45) is 0 Å². The Morgan fingerprint density at radius 2 is 1.57 bits per heavy atom. The third-order valence-corrected chi connectivity index (χ3v) is 4.60. The molecule has 0 aliphatic heterocycles. The van der Waals surface area contributed by atoms with Crippen LogP contribution in [0.15, 0.2) is 79.3 Å². The van der Waals surface area contributed by atoms with Crippen molar-refractivity contribution in [3.8, 4) is 0 Å². The SMILES string of the molecule is CCCCOC(=O)C(F)(F)c1nncc2ccccc12.FC(F)=C(F)F.O=[n+]1cc2ccccc2c[nH]1. The number of H-pyrrole nitrogens is 1. The summed E-state index contributed by atoms with van der Waals surface area (Å²) in [5, 5.41) is 12.2. The third kappa shape index (κ3) is 8.40. The number of ether oxygens (including phenoxy) is 1. The van der Waals surface area contributed by atoms with Gasteiger partial charge in [-0.2, -0.15) is 31.4 Å². The van der Waals surface area contributed by atoms with Crippen LogP contribution in [-0.2, 0) is 15.5 Å². The average molecular weight is 527 g/mol. The molecule has 0 spiro atoms. The normalized spacial score (nSPS) is 10.6. The van der Waals surface area contributed by atoms with Gasteiger partial charge in [0.25, 0.3) is 6.20 Å². The Bertz CT molecular complexity index is 1410. The minimum absolute atomic E-state index is 0.0247. The van der Waals surface area contributed by atoms with Gasteiger partial charge < -0.3 is 4.74 Å². The predicted molar refractivity (Wildman–Crippen MR) is 122 cm³/mol. The molecule has 0 aliphatic carbocycles. The maximum Gasteiger partial charge on any atom is 0.386 e. The number of carbonyl (C=O) groups is 1. The molecule has 0 aliphatic rings. The molecule has 7 nitrogen and oxygen atoms in total. The summed E-state index contributed by atoms with van der Waals surface area (Å²) in [6.07, 6.45) is 0.0512. The minimum Gasteiger partial charge on any atom is -0.461 e. The maximum atomic E-state index is 14.1. The lowest BCUT2D eigenvalue weighted by molar-refractivity contribution is -0.562. The van der Waals surface area contributed by atoms with Gasteiger partial charge in [0.05, 0.1) is 29.3 Å². The number of rotatable bonds is 5. The highest BCUT2D eigenvalue weighted by molar-refractivity contribution is 5.89. The number of aromatic nitrogens is 4. The molecule has 0 bridgehead atoms. The van der Waals surface area contributed by atoms with Gasteiger partial charge in [-0.1, -0.05) is 55.8 Å². The van der Waals surface area contributed by atoms with Crippen LogP contribution in [0.4, 0.5) is 26.3 Å². The minimum atomic E-state index is -3.80. The topological polar surface area (TPSA) is 90.8 Å². The van der Waals surface area contributed by atoms with Crippen molar-refractivity contribution >= 4 is 27.5 Å². The quantitative estimate of drug-likeness (QED) is 0.146. The second-order valence-electron chi connectivity index (χ2n) is 7.22. The monoisotopic (exact) mass is 527 g/mol. The van der Waals surface area contributed by atoms with Gasteiger partial charge in [-0.25, -0.2) is 4.79 Å². The second-order valence-corrected chi connectivity index (χ2v) is 7.22. The number of nitrogens with one attached hydrogen (secondary N) is 1. The van der Waals surface area contributed by atoms with Crippen LogP contribution in [0.25, 0.3) is 21.5 Å². The van der Waals surface area contributed by atoms with E-state index < -0.39 is 29.7 Å². The van der Waals surface area contributed by atoms with E-state index in [4.69, 9.17) is 0 Å². The zero-order valence-corrected chi connectivity index (χ0v) is 19.3. The number of unbranched alkanes of at least 4 members (excludes halogenated alkanes) is 1. The summed E-state index contributed by atoms with van der Waals surface area (Å²) in [6.45, 7) is 1.85. The highest BCUT2D eigenvalue weighted by atomic mass is 19.3. The van der Waals surface area contributed by atoms with Crippen molar-refractivity contribution in [1.29, 1.82) is 0 Å². The van der Waals surface area contributed by atoms with Crippen molar-refractivity contribution in [3.05, 3.63) is 89.9 Å². The van der Waals surface area contributed by atoms with Crippen molar-refractivity contribution < 1.29 is 40.4 Å². The Morgan fingerprint density at radius 1 is 0.973 bits per heavy atom. The van der Waals surface area contributed by atoms with Crippen LogP contribution >= 0.6 is 0 Å². The Balaban J connectivity index is 0.000000235. The molecule has 0 amide bonds. The molecule has 0 fully saturated rings. The summed E-state index contributed by atoms with van der Waals surface area (Å²) in [4.78, 5) is 22.3. The Labute approximate surface area is 206 Å². The van der Waals surface area contributed by atoms with E-state index in [1.807, 2.05) is 31.2 Å². The lowest BCUT2D eigenvalue weighted by Crippen LogP contribution is -2.30. The van der Waals surface area contributed by atoms with Gasteiger partial charge in [-0.3, -0.25) is 0 Å². The first-order valence-corrected chi connectivity index (χ1v) is 10.7. The molecule has 13 heteroatoms. The molecular weight excluding hydrogens is 506 g/mol. The van der Waals surface area contributed by atoms with Crippen molar-refractivity contribution in [2.45, 2.75) is 25.7 Å². The van der Waals surface area contributed by atoms with Gasteiger partial charge >= 0.3 is 24.1 Å². The number of halogens is 6. The number of carbonyl (C=O) groups excluding carboxylic acids is 1. The van der Waals surface area contributed by atoms with E-state index in [2.05, 4.69) is 20.0 Å².